The van der Waals surface area contributed by atoms with Crippen LogP contribution in [-0.2, 0) is 20.1 Å². The average Bonchev–Trinajstić information content (AvgIpc) is 2.97. The largest absolute Gasteiger partial charge is 0.357 e. The van der Waals surface area contributed by atoms with Crippen molar-refractivity contribution in [3.63, 3.8) is 0 Å². The van der Waals surface area contributed by atoms with Crippen LogP contribution in [0.2, 0.25) is 0 Å². The number of nitrogens with zero attached hydrogens (tertiary/aromatic N) is 4. The first-order chi connectivity index (χ1) is 8.83. The zero-order valence-corrected chi connectivity index (χ0v) is 10.2. The molecule has 0 radical (unpaired) electrons. The molecule has 5 nitrogen and oxygen atoms in total. The molecule has 0 saturated carbocycles. The third-order valence-electron chi connectivity index (χ3n) is 2.89. The molecular weight excluding hydrogens is 226 g/mol. The summed E-state index contributed by atoms with van der Waals surface area (Å²) in [7, 11) is 2.02. The summed E-state index contributed by atoms with van der Waals surface area (Å²) >= 11 is 0. The molecule has 0 aromatic carbocycles. The molecule has 3 aromatic heterocycles. The summed E-state index contributed by atoms with van der Waals surface area (Å²) < 4.78 is 4.04. The molecule has 0 aliphatic carbocycles. The van der Waals surface area contributed by atoms with Crippen LogP contribution in [0.3, 0.4) is 0 Å². The number of pyridine rings is 1. The van der Waals surface area contributed by atoms with E-state index in [0.29, 0.717) is 6.54 Å². The first kappa shape index (κ1) is 11.0. The van der Waals surface area contributed by atoms with E-state index in [0.717, 1.165) is 18.0 Å². The maximum Gasteiger partial charge on any atom is 0.160 e. The Hall–Kier alpha value is -2.14. The quantitative estimate of drug-likeness (QED) is 0.750. The topological polar surface area (TPSA) is 47.2 Å². The van der Waals surface area contributed by atoms with Crippen molar-refractivity contribution in [2.75, 3.05) is 0 Å². The number of hydrogen-bond acceptors (Lipinski definition) is 3. The van der Waals surface area contributed by atoms with Crippen molar-refractivity contribution in [1.82, 2.24) is 24.5 Å². The maximum absolute atomic E-state index is 4.18. The molecular formula is C13H15N5. The molecule has 18 heavy (non-hydrogen) atoms. The molecule has 0 saturated heterocycles. The van der Waals surface area contributed by atoms with E-state index in [1.807, 2.05) is 46.6 Å². The Morgan fingerprint density at radius 3 is 2.89 bits per heavy atom. The molecule has 0 aliphatic heterocycles. The summed E-state index contributed by atoms with van der Waals surface area (Å²) in [6.45, 7) is 1.54. The summed E-state index contributed by atoms with van der Waals surface area (Å²) in [5, 5.41) is 11.7. The Labute approximate surface area is 105 Å². The first-order valence-electron chi connectivity index (χ1n) is 5.93. The second-order valence-electron chi connectivity index (χ2n) is 4.33. The highest BCUT2D eigenvalue weighted by Gasteiger charge is 2.03. The van der Waals surface area contributed by atoms with E-state index in [-0.39, 0.29) is 0 Å². The second-order valence-corrected chi connectivity index (χ2v) is 4.33. The number of aromatic nitrogens is 4. The normalized spacial score (nSPS) is 11.2. The minimum atomic E-state index is 0.708. The molecule has 3 rings (SSSR count). The predicted molar refractivity (Wildman–Crippen MR) is 68.9 cm³/mol. The molecule has 1 N–H and O–H groups in total. The molecule has 0 amide bonds. The summed E-state index contributed by atoms with van der Waals surface area (Å²) in [6.07, 6.45) is 6.13. The van der Waals surface area contributed by atoms with Crippen molar-refractivity contribution in [2.24, 2.45) is 7.05 Å². The van der Waals surface area contributed by atoms with Crippen LogP contribution in [0, 0.1) is 0 Å². The van der Waals surface area contributed by atoms with Gasteiger partial charge in [0.2, 0.25) is 0 Å². The van der Waals surface area contributed by atoms with Gasteiger partial charge in [-0.05, 0) is 23.8 Å². The molecule has 3 heterocycles. The molecule has 3 aromatic rings. The second kappa shape index (κ2) is 4.62. The van der Waals surface area contributed by atoms with Gasteiger partial charge in [0.1, 0.15) is 0 Å². The van der Waals surface area contributed by atoms with Crippen LogP contribution in [0.5, 0.6) is 0 Å². The summed E-state index contributed by atoms with van der Waals surface area (Å²) in [5.41, 5.74) is 2.15. The van der Waals surface area contributed by atoms with Crippen LogP contribution in [0.15, 0.2) is 42.9 Å². The minimum absolute atomic E-state index is 0.708. The molecule has 0 fully saturated rings. The maximum atomic E-state index is 4.18. The van der Waals surface area contributed by atoms with Crippen molar-refractivity contribution in [2.45, 2.75) is 13.1 Å². The van der Waals surface area contributed by atoms with E-state index in [1.54, 1.807) is 0 Å². The first-order valence-corrected chi connectivity index (χ1v) is 5.93. The van der Waals surface area contributed by atoms with Gasteiger partial charge in [0.05, 0.1) is 6.54 Å². The van der Waals surface area contributed by atoms with Gasteiger partial charge in [-0.25, -0.2) is 0 Å². The molecule has 92 valence electrons. The zero-order chi connectivity index (χ0) is 12.4. The Kier molecular flexibility index (Phi) is 2.82. The smallest absolute Gasteiger partial charge is 0.160 e. The number of nitrogens with one attached hydrogen (secondary N) is 1. The van der Waals surface area contributed by atoms with Crippen molar-refractivity contribution in [1.29, 1.82) is 0 Å². The van der Waals surface area contributed by atoms with Crippen LogP contribution >= 0.6 is 0 Å². The van der Waals surface area contributed by atoms with E-state index in [2.05, 4.69) is 27.8 Å². The fourth-order valence-corrected chi connectivity index (χ4v) is 2.00. The summed E-state index contributed by atoms with van der Waals surface area (Å²) in [6, 6.07) is 8.00. The minimum Gasteiger partial charge on any atom is -0.357 e. The molecule has 5 heteroatoms. The van der Waals surface area contributed by atoms with Crippen molar-refractivity contribution in [3.05, 3.63) is 54.2 Å². The number of hydrogen-bond donors (Lipinski definition) is 1. The zero-order valence-electron chi connectivity index (χ0n) is 10.2. The van der Waals surface area contributed by atoms with Gasteiger partial charge in [0.25, 0.3) is 0 Å². The number of rotatable bonds is 4. The SMILES string of the molecule is Cn1ccc(CNCc2nnc3ccccn23)c1. The Morgan fingerprint density at radius 2 is 2.06 bits per heavy atom. The number of fused-ring (bicyclic) bond motifs is 1. The van der Waals surface area contributed by atoms with Crippen LogP contribution in [-0.4, -0.2) is 19.2 Å². The van der Waals surface area contributed by atoms with Gasteiger partial charge in [-0.2, -0.15) is 0 Å². The van der Waals surface area contributed by atoms with E-state index in [9.17, 15) is 0 Å². The van der Waals surface area contributed by atoms with Gasteiger partial charge in [-0.15, -0.1) is 10.2 Å². The third kappa shape index (κ3) is 2.12. The van der Waals surface area contributed by atoms with Gasteiger partial charge < -0.3 is 9.88 Å². The Morgan fingerprint density at radius 1 is 1.11 bits per heavy atom. The average molecular weight is 241 g/mol. The van der Waals surface area contributed by atoms with Crippen LogP contribution < -0.4 is 5.32 Å². The monoisotopic (exact) mass is 241 g/mol. The van der Waals surface area contributed by atoms with Crippen LogP contribution in [0.1, 0.15) is 11.4 Å². The van der Waals surface area contributed by atoms with Gasteiger partial charge in [-0.1, -0.05) is 6.07 Å². The summed E-state index contributed by atoms with van der Waals surface area (Å²) in [5.74, 6) is 0.932. The Bertz CT molecular complexity index is 652. The van der Waals surface area contributed by atoms with Crippen molar-refractivity contribution >= 4 is 5.65 Å². The van der Waals surface area contributed by atoms with E-state index < -0.39 is 0 Å². The fraction of sp³-hybridized carbons (Fsp3) is 0.231. The molecule has 0 atom stereocenters. The highest BCUT2D eigenvalue weighted by atomic mass is 15.3. The Balaban J connectivity index is 1.66. The highest BCUT2D eigenvalue weighted by Crippen LogP contribution is 2.03. The fourth-order valence-electron chi connectivity index (χ4n) is 2.00. The van der Waals surface area contributed by atoms with E-state index in [4.69, 9.17) is 0 Å². The van der Waals surface area contributed by atoms with Crippen LogP contribution in [0.4, 0.5) is 0 Å². The van der Waals surface area contributed by atoms with Crippen LogP contribution in [0.25, 0.3) is 5.65 Å². The van der Waals surface area contributed by atoms with Gasteiger partial charge in [-0.3, -0.25) is 4.40 Å². The number of aryl methyl sites for hydroxylation is 1. The highest BCUT2D eigenvalue weighted by molar-refractivity contribution is 5.36. The lowest BCUT2D eigenvalue weighted by Crippen LogP contribution is -2.14. The third-order valence-corrected chi connectivity index (χ3v) is 2.89. The van der Waals surface area contributed by atoms with Gasteiger partial charge in [0.15, 0.2) is 11.5 Å². The van der Waals surface area contributed by atoms with Crippen molar-refractivity contribution in [3.8, 4) is 0 Å². The van der Waals surface area contributed by atoms with E-state index >= 15 is 0 Å². The molecule has 0 bridgehead atoms. The van der Waals surface area contributed by atoms with Gasteiger partial charge in [0, 0.05) is 32.2 Å². The molecule has 0 unspecified atom stereocenters. The summed E-state index contributed by atoms with van der Waals surface area (Å²) in [4.78, 5) is 0. The predicted octanol–water partition coefficient (Wildman–Crippen LogP) is 1.36. The van der Waals surface area contributed by atoms with Crippen molar-refractivity contribution < 1.29 is 0 Å². The molecule has 0 spiro atoms. The lowest BCUT2D eigenvalue weighted by atomic mass is 10.3. The standard InChI is InChI=1S/C13H15N5/c1-17-7-5-11(10-17)8-14-9-13-16-15-12-4-2-3-6-18(12)13/h2-7,10,14H,8-9H2,1H3. The molecule has 0 aliphatic rings. The lowest BCUT2D eigenvalue weighted by Gasteiger charge is -2.01. The van der Waals surface area contributed by atoms with E-state index in [1.165, 1.54) is 5.56 Å². The lowest BCUT2D eigenvalue weighted by molar-refractivity contribution is 0.656. The van der Waals surface area contributed by atoms with Gasteiger partial charge >= 0.3 is 0 Å².